The number of methoxy groups -OCH3 is 1. The molecule has 0 aliphatic heterocycles. The van der Waals surface area contributed by atoms with E-state index in [0.717, 1.165) is 22.2 Å². The van der Waals surface area contributed by atoms with Crippen LogP contribution in [0.1, 0.15) is 18.9 Å². The first-order valence-corrected chi connectivity index (χ1v) is 10.5. The lowest BCUT2D eigenvalue weighted by molar-refractivity contribution is -0.121. The second-order valence-corrected chi connectivity index (χ2v) is 8.08. The van der Waals surface area contributed by atoms with Gasteiger partial charge in [-0.2, -0.15) is 5.10 Å². The number of halogens is 1. The predicted molar refractivity (Wildman–Crippen MR) is 119 cm³/mol. The molecule has 0 spiro atoms. The molecule has 0 radical (unpaired) electrons. The second kappa shape index (κ2) is 9.84. The largest absolute Gasteiger partial charge is 0.497 e. The fraction of sp³-hybridized carbons (Fsp3) is 0.286. The Balaban J connectivity index is 1.59. The highest BCUT2D eigenvalue weighted by Crippen LogP contribution is 2.21. The van der Waals surface area contributed by atoms with E-state index in [1.165, 1.54) is 5.56 Å². The first-order valence-electron chi connectivity index (χ1n) is 9.29. The highest BCUT2D eigenvalue weighted by atomic mass is 79.9. The van der Waals surface area contributed by atoms with Crippen molar-refractivity contribution in [1.29, 1.82) is 0 Å². The summed E-state index contributed by atoms with van der Waals surface area (Å²) in [6, 6.07) is 15.7. The molecule has 29 heavy (non-hydrogen) atoms. The number of ether oxygens (including phenoxy) is 1. The van der Waals surface area contributed by atoms with Gasteiger partial charge in [-0.1, -0.05) is 28.1 Å². The van der Waals surface area contributed by atoms with Gasteiger partial charge in [0.15, 0.2) is 10.6 Å². The molecule has 1 heterocycles. The maximum atomic E-state index is 12.4. The lowest BCUT2D eigenvalue weighted by atomic mass is 10.1. The van der Waals surface area contributed by atoms with Crippen molar-refractivity contribution in [2.24, 2.45) is 0 Å². The first-order chi connectivity index (χ1) is 14.0. The number of nitrogens with zero attached hydrogens (tertiary/aromatic N) is 2. The van der Waals surface area contributed by atoms with Crippen molar-refractivity contribution in [3.63, 3.8) is 0 Å². The molecule has 3 aromatic rings. The molecule has 0 saturated heterocycles. The van der Waals surface area contributed by atoms with Gasteiger partial charge in [-0.05, 0) is 67.5 Å². The van der Waals surface area contributed by atoms with Crippen molar-refractivity contribution in [1.82, 2.24) is 20.1 Å². The Hall–Kier alpha value is -2.45. The van der Waals surface area contributed by atoms with Crippen molar-refractivity contribution in [2.45, 2.75) is 32.4 Å². The molecule has 0 bridgehead atoms. The lowest BCUT2D eigenvalue weighted by Gasteiger charge is -2.14. The quantitative estimate of drug-likeness (QED) is 0.470. The standard InChI is InChI=1S/C21H23BrN4O2S/c1-14(13-15-3-7-17(22)8-4-15)23-19(27)11-12-26-20(24-25-21(26)29)16-5-9-18(28-2)10-6-16/h3-10,14H,11-13H2,1-2H3,(H,23,27)(H,25,29). The monoisotopic (exact) mass is 474 g/mol. The van der Waals surface area contributed by atoms with Crippen LogP contribution < -0.4 is 10.1 Å². The molecule has 3 rings (SSSR count). The maximum absolute atomic E-state index is 12.4. The molecule has 1 unspecified atom stereocenters. The number of carbonyl (C=O) groups excluding carboxylic acids is 1. The van der Waals surface area contributed by atoms with Gasteiger partial charge in [0.05, 0.1) is 7.11 Å². The smallest absolute Gasteiger partial charge is 0.222 e. The van der Waals surface area contributed by atoms with Crippen LogP contribution in [0.25, 0.3) is 11.4 Å². The van der Waals surface area contributed by atoms with E-state index in [-0.39, 0.29) is 11.9 Å². The predicted octanol–water partition coefficient (Wildman–Crippen LogP) is 4.52. The van der Waals surface area contributed by atoms with E-state index in [2.05, 4.69) is 43.6 Å². The molecule has 0 fully saturated rings. The van der Waals surface area contributed by atoms with Gasteiger partial charge in [0.25, 0.3) is 0 Å². The molecule has 6 nitrogen and oxygen atoms in total. The fourth-order valence-corrected chi connectivity index (χ4v) is 3.56. The van der Waals surface area contributed by atoms with Crippen LogP contribution in [0, 0.1) is 4.77 Å². The number of carbonyl (C=O) groups is 1. The lowest BCUT2D eigenvalue weighted by Crippen LogP contribution is -2.34. The number of hydrogen-bond acceptors (Lipinski definition) is 4. The number of H-pyrrole nitrogens is 1. The number of benzene rings is 2. The van der Waals surface area contributed by atoms with E-state index in [1.807, 2.05) is 47.9 Å². The third kappa shape index (κ3) is 5.77. The Morgan fingerprint density at radius 1 is 1.24 bits per heavy atom. The van der Waals surface area contributed by atoms with E-state index >= 15 is 0 Å². The molecular weight excluding hydrogens is 452 g/mol. The van der Waals surface area contributed by atoms with Crippen molar-refractivity contribution in [3.8, 4) is 17.1 Å². The van der Waals surface area contributed by atoms with E-state index in [9.17, 15) is 4.79 Å². The summed E-state index contributed by atoms with van der Waals surface area (Å²) in [7, 11) is 1.63. The number of aromatic amines is 1. The Morgan fingerprint density at radius 2 is 1.93 bits per heavy atom. The Kier molecular flexibility index (Phi) is 7.22. The highest BCUT2D eigenvalue weighted by molar-refractivity contribution is 9.10. The van der Waals surface area contributed by atoms with Crippen molar-refractivity contribution < 1.29 is 9.53 Å². The summed E-state index contributed by atoms with van der Waals surface area (Å²) in [5.74, 6) is 1.46. The molecule has 0 aliphatic carbocycles. The number of nitrogens with one attached hydrogen (secondary N) is 2. The van der Waals surface area contributed by atoms with Gasteiger partial charge in [-0.15, -0.1) is 0 Å². The molecule has 1 atom stereocenters. The van der Waals surface area contributed by atoms with Crippen LogP contribution in [0.15, 0.2) is 53.0 Å². The Morgan fingerprint density at radius 3 is 2.59 bits per heavy atom. The summed E-state index contributed by atoms with van der Waals surface area (Å²) in [5.41, 5.74) is 2.09. The summed E-state index contributed by atoms with van der Waals surface area (Å²) < 4.78 is 8.57. The molecule has 2 N–H and O–H groups in total. The SMILES string of the molecule is COc1ccc(-c2n[nH]c(=S)n2CCC(=O)NC(C)Cc2ccc(Br)cc2)cc1. The first kappa shape index (κ1) is 21.3. The van der Waals surface area contributed by atoms with Crippen LogP contribution in [0.2, 0.25) is 0 Å². The van der Waals surface area contributed by atoms with Gasteiger partial charge in [-0.3, -0.25) is 14.5 Å². The van der Waals surface area contributed by atoms with Gasteiger partial charge in [0.1, 0.15) is 5.75 Å². The van der Waals surface area contributed by atoms with Crippen LogP contribution in [-0.4, -0.2) is 33.8 Å². The molecule has 2 aromatic carbocycles. The number of amides is 1. The summed E-state index contributed by atoms with van der Waals surface area (Å²) in [6.07, 6.45) is 1.10. The third-order valence-electron chi connectivity index (χ3n) is 4.53. The molecule has 1 aromatic heterocycles. The topological polar surface area (TPSA) is 71.9 Å². The van der Waals surface area contributed by atoms with Gasteiger partial charge in [0, 0.05) is 29.0 Å². The van der Waals surface area contributed by atoms with Crippen molar-refractivity contribution in [3.05, 3.63) is 63.3 Å². The molecule has 8 heteroatoms. The van der Waals surface area contributed by atoms with Crippen LogP contribution in [-0.2, 0) is 17.8 Å². The average Bonchev–Trinajstić information content (AvgIpc) is 3.08. The minimum atomic E-state index is -0.0154. The van der Waals surface area contributed by atoms with Gasteiger partial charge in [-0.25, -0.2) is 0 Å². The number of hydrogen-bond donors (Lipinski definition) is 2. The maximum Gasteiger partial charge on any atom is 0.222 e. The Bertz CT molecular complexity index is 1010. The zero-order chi connectivity index (χ0) is 20.8. The summed E-state index contributed by atoms with van der Waals surface area (Å²) in [6.45, 7) is 2.46. The van der Waals surface area contributed by atoms with Crippen LogP contribution in [0.4, 0.5) is 0 Å². The summed E-state index contributed by atoms with van der Waals surface area (Å²) in [4.78, 5) is 12.4. The molecule has 0 aliphatic rings. The van der Waals surface area contributed by atoms with Crippen molar-refractivity contribution >= 4 is 34.1 Å². The van der Waals surface area contributed by atoms with Crippen LogP contribution >= 0.6 is 28.1 Å². The Labute approximate surface area is 183 Å². The number of rotatable bonds is 8. The molecule has 1 amide bonds. The minimum absolute atomic E-state index is 0.0154. The van der Waals surface area contributed by atoms with E-state index in [4.69, 9.17) is 17.0 Å². The third-order valence-corrected chi connectivity index (χ3v) is 5.37. The van der Waals surface area contributed by atoms with Crippen LogP contribution in [0.3, 0.4) is 0 Å². The van der Waals surface area contributed by atoms with Gasteiger partial charge >= 0.3 is 0 Å². The van der Waals surface area contributed by atoms with E-state index in [1.54, 1.807) is 7.11 Å². The van der Waals surface area contributed by atoms with Crippen LogP contribution in [0.5, 0.6) is 5.75 Å². The normalized spacial score (nSPS) is 11.8. The fourth-order valence-electron chi connectivity index (χ4n) is 3.07. The van der Waals surface area contributed by atoms with E-state index in [0.29, 0.717) is 23.6 Å². The van der Waals surface area contributed by atoms with Crippen molar-refractivity contribution in [2.75, 3.05) is 7.11 Å². The molecule has 152 valence electrons. The summed E-state index contributed by atoms with van der Waals surface area (Å²) >= 11 is 8.78. The minimum Gasteiger partial charge on any atom is -0.497 e. The van der Waals surface area contributed by atoms with Gasteiger partial charge in [0.2, 0.25) is 5.91 Å². The van der Waals surface area contributed by atoms with Gasteiger partial charge < -0.3 is 10.1 Å². The van der Waals surface area contributed by atoms with E-state index < -0.39 is 0 Å². The average molecular weight is 475 g/mol. The molecular formula is C21H23BrN4O2S. The summed E-state index contributed by atoms with van der Waals surface area (Å²) in [5, 5.41) is 10.2. The molecule has 0 saturated carbocycles. The zero-order valence-electron chi connectivity index (χ0n) is 16.3. The second-order valence-electron chi connectivity index (χ2n) is 6.78. The highest BCUT2D eigenvalue weighted by Gasteiger charge is 2.13. The zero-order valence-corrected chi connectivity index (χ0v) is 18.7. The number of aromatic nitrogens is 3.